The van der Waals surface area contributed by atoms with Crippen molar-refractivity contribution in [3.8, 4) is 0 Å². The van der Waals surface area contributed by atoms with Crippen LogP contribution >= 0.6 is 0 Å². The molecule has 0 saturated heterocycles. The molecule has 1 heterocycles. The van der Waals surface area contributed by atoms with Gasteiger partial charge in [0.1, 0.15) is 0 Å². The number of benzene rings is 1. The van der Waals surface area contributed by atoms with E-state index in [1.165, 1.54) is 0 Å². The highest BCUT2D eigenvalue weighted by molar-refractivity contribution is 6.21. The summed E-state index contributed by atoms with van der Waals surface area (Å²) in [7, 11) is 0. The van der Waals surface area contributed by atoms with Crippen LogP contribution in [0.15, 0.2) is 12.1 Å². The maximum atomic E-state index is 13.1. The van der Waals surface area contributed by atoms with E-state index >= 15 is 0 Å². The highest BCUT2D eigenvalue weighted by Crippen LogP contribution is 2.25. The molecule has 2 amide bonds. The Kier molecular flexibility index (Phi) is 4.44. The number of carbonyl (C=O) groups is 2. The molecule has 0 spiro atoms. The molecule has 1 aliphatic rings. The predicted octanol–water partition coefficient (Wildman–Crippen LogP) is 2.11. The molecule has 4 nitrogen and oxygen atoms in total. The first-order valence-corrected chi connectivity index (χ1v) is 6.52. The molecule has 2 rings (SSSR count). The Hall–Kier alpha value is -1.82. The highest BCUT2D eigenvalue weighted by atomic mass is 19.2. The lowest BCUT2D eigenvalue weighted by Gasteiger charge is -2.13. The maximum absolute atomic E-state index is 13.1. The van der Waals surface area contributed by atoms with Crippen LogP contribution in [-0.2, 0) is 0 Å². The number of imide groups is 1. The largest absolute Gasteiger partial charge is 0.396 e. The molecule has 6 heteroatoms. The van der Waals surface area contributed by atoms with Crippen LogP contribution in [0.25, 0.3) is 0 Å². The molecule has 1 N–H and O–H groups in total. The Morgan fingerprint density at radius 3 is 1.90 bits per heavy atom. The van der Waals surface area contributed by atoms with Gasteiger partial charge in [0, 0.05) is 13.2 Å². The zero-order valence-electron chi connectivity index (χ0n) is 10.9. The summed E-state index contributed by atoms with van der Waals surface area (Å²) in [6.45, 7) is 0.340. The summed E-state index contributed by atoms with van der Waals surface area (Å²) in [6, 6.07) is 1.55. The molecule has 1 aromatic carbocycles. The van der Waals surface area contributed by atoms with Crippen LogP contribution in [-0.4, -0.2) is 35.0 Å². The van der Waals surface area contributed by atoms with Crippen molar-refractivity contribution in [3.63, 3.8) is 0 Å². The second-order valence-corrected chi connectivity index (χ2v) is 4.71. The van der Waals surface area contributed by atoms with Gasteiger partial charge in [0.2, 0.25) is 0 Å². The Balaban J connectivity index is 2.04. The fourth-order valence-corrected chi connectivity index (χ4v) is 2.22. The normalized spacial score (nSPS) is 14.1. The summed E-state index contributed by atoms with van der Waals surface area (Å²) < 4.78 is 26.2. The molecule has 0 saturated carbocycles. The van der Waals surface area contributed by atoms with E-state index in [9.17, 15) is 18.4 Å². The summed E-state index contributed by atoms with van der Waals surface area (Å²) in [5.74, 6) is -3.42. The molecule has 0 bridgehead atoms. The van der Waals surface area contributed by atoms with Gasteiger partial charge in [-0.15, -0.1) is 0 Å². The van der Waals surface area contributed by atoms with E-state index < -0.39 is 23.4 Å². The average Bonchev–Trinajstić information content (AvgIpc) is 2.64. The zero-order chi connectivity index (χ0) is 14.7. The molecule has 108 valence electrons. The van der Waals surface area contributed by atoms with Crippen molar-refractivity contribution in [2.45, 2.75) is 25.7 Å². The lowest BCUT2D eigenvalue weighted by Crippen LogP contribution is -2.30. The van der Waals surface area contributed by atoms with Crippen LogP contribution in [0.2, 0.25) is 0 Å². The molecule has 1 aliphatic heterocycles. The highest BCUT2D eigenvalue weighted by Gasteiger charge is 2.36. The third kappa shape index (κ3) is 2.70. The van der Waals surface area contributed by atoms with Crippen molar-refractivity contribution in [3.05, 3.63) is 34.9 Å². The fraction of sp³-hybridized carbons (Fsp3) is 0.429. The van der Waals surface area contributed by atoms with Crippen LogP contribution in [0.3, 0.4) is 0 Å². The van der Waals surface area contributed by atoms with Gasteiger partial charge in [-0.3, -0.25) is 14.5 Å². The fourth-order valence-electron chi connectivity index (χ4n) is 2.22. The Bertz CT molecular complexity index is 504. The van der Waals surface area contributed by atoms with Gasteiger partial charge in [-0.05, 0) is 25.0 Å². The molecular weight excluding hydrogens is 268 g/mol. The van der Waals surface area contributed by atoms with Crippen molar-refractivity contribution in [1.82, 2.24) is 4.90 Å². The summed E-state index contributed by atoms with van der Waals surface area (Å²) in [5, 5.41) is 8.64. The molecule has 0 fully saturated rings. The molecule has 0 aromatic heterocycles. The van der Waals surface area contributed by atoms with Gasteiger partial charge >= 0.3 is 0 Å². The number of carbonyl (C=O) groups excluding carboxylic acids is 2. The first-order valence-electron chi connectivity index (χ1n) is 6.52. The van der Waals surface area contributed by atoms with Crippen molar-refractivity contribution >= 4 is 11.8 Å². The van der Waals surface area contributed by atoms with Crippen LogP contribution in [0.5, 0.6) is 0 Å². The Morgan fingerprint density at radius 1 is 0.900 bits per heavy atom. The Labute approximate surface area is 115 Å². The van der Waals surface area contributed by atoms with Gasteiger partial charge in [0.05, 0.1) is 11.1 Å². The number of hydrogen-bond acceptors (Lipinski definition) is 3. The number of nitrogens with zero attached hydrogens (tertiary/aromatic N) is 1. The van der Waals surface area contributed by atoms with Gasteiger partial charge in [0.25, 0.3) is 11.8 Å². The molecule has 0 aliphatic carbocycles. The zero-order valence-corrected chi connectivity index (χ0v) is 10.9. The monoisotopic (exact) mass is 283 g/mol. The molecule has 1 aromatic rings. The number of hydrogen-bond donors (Lipinski definition) is 1. The minimum absolute atomic E-state index is 0.0794. The van der Waals surface area contributed by atoms with E-state index in [2.05, 4.69) is 0 Å². The predicted molar refractivity (Wildman–Crippen MR) is 67.3 cm³/mol. The third-order valence-electron chi connectivity index (χ3n) is 3.30. The second kappa shape index (κ2) is 6.09. The minimum atomic E-state index is -1.13. The number of fused-ring (bicyclic) bond motifs is 1. The average molecular weight is 283 g/mol. The van der Waals surface area contributed by atoms with E-state index in [1.54, 1.807) is 0 Å². The van der Waals surface area contributed by atoms with E-state index in [1.807, 2.05) is 0 Å². The SMILES string of the molecule is O=C1c2cc(F)c(F)cc2C(=O)N1CCCCCCO. The van der Waals surface area contributed by atoms with Crippen molar-refractivity contribution in [1.29, 1.82) is 0 Å². The first kappa shape index (κ1) is 14.6. The second-order valence-electron chi connectivity index (χ2n) is 4.71. The summed E-state index contributed by atoms with van der Waals surface area (Å²) >= 11 is 0. The number of unbranched alkanes of at least 4 members (excludes halogenated alkanes) is 3. The minimum Gasteiger partial charge on any atom is -0.396 e. The van der Waals surface area contributed by atoms with Crippen LogP contribution < -0.4 is 0 Å². The number of halogens is 2. The maximum Gasteiger partial charge on any atom is 0.261 e. The quantitative estimate of drug-likeness (QED) is 0.642. The van der Waals surface area contributed by atoms with Gasteiger partial charge in [-0.1, -0.05) is 12.8 Å². The lowest BCUT2D eigenvalue weighted by molar-refractivity contribution is 0.0651. The van der Waals surface area contributed by atoms with E-state index in [-0.39, 0.29) is 24.3 Å². The number of aliphatic hydroxyl groups excluding tert-OH is 1. The summed E-state index contributed by atoms with van der Waals surface area (Å²) in [4.78, 5) is 24.9. The summed E-state index contributed by atoms with van der Waals surface area (Å²) in [5.41, 5.74) is -0.159. The third-order valence-corrected chi connectivity index (χ3v) is 3.30. The molecule has 0 unspecified atom stereocenters. The topological polar surface area (TPSA) is 57.6 Å². The van der Waals surface area contributed by atoms with Gasteiger partial charge < -0.3 is 5.11 Å². The van der Waals surface area contributed by atoms with E-state index in [4.69, 9.17) is 5.11 Å². The van der Waals surface area contributed by atoms with Crippen molar-refractivity contribution in [2.75, 3.05) is 13.2 Å². The van der Waals surface area contributed by atoms with E-state index in [0.29, 0.717) is 12.8 Å². The molecule has 0 atom stereocenters. The van der Waals surface area contributed by atoms with E-state index in [0.717, 1.165) is 29.9 Å². The first-order chi connectivity index (χ1) is 9.56. The van der Waals surface area contributed by atoms with Crippen molar-refractivity contribution in [2.24, 2.45) is 0 Å². The Morgan fingerprint density at radius 2 is 1.40 bits per heavy atom. The van der Waals surface area contributed by atoms with Gasteiger partial charge in [-0.2, -0.15) is 0 Å². The van der Waals surface area contributed by atoms with Gasteiger partial charge in [-0.25, -0.2) is 8.78 Å². The standard InChI is InChI=1S/C14H15F2NO3/c15-11-7-9-10(8-12(11)16)14(20)17(13(9)19)5-3-1-2-4-6-18/h7-8,18H,1-6H2. The lowest BCUT2D eigenvalue weighted by atomic mass is 10.1. The number of aliphatic hydroxyl groups is 1. The number of rotatable bonds is 6. The molecular formula is C14H15F2NO3. The smallest absolute Gasteiger partial charge is 0.261 e. The van der Waals surface area contributed by atoms with Crippen molar-refractivity contribution < 1.29 is 23.5 Å². The molecule has 0 radical (unpaired) electrons. The van der Waals surface area contributed by atoms with Crippen LogP contribution in [0.1, 0.15) is 46.4 Å². The van der Waals surface area contributed by atoms with Crippen LogP contribution in [0.4, 0.5) is 8.78 Å². The number of amides is 2. The molecule has 20 heavy (non-hydrogen) atoms. The van der Waals surface area contributed by atoms with Crippen LogP contribution in [0, 0.1) is 11.6 Å². The van der Waals surface area contributed by atoms with Gasteiger partial charge in [0.15, 0.2) is 11.6 Å². The summed E-state index contributed by atoms with van der Waals surface area (Å²) in [6.07, 6.45) is 2.87.